The van der Waals surface area contributed by atoms with Crippen LogP contribution >= 0.6 is 0 Å². The van der Waals surface area contributed by atoms with Crippen LogP contribution in [0.4, 0.5) is 0 Å². The molecule has 0 bridgehead atoms. The maximum absolute atomic E-state index is 8.53. The van der Waals surface area contributed by atoms with Gasteiger partial charge in [0.15, 0.2) is 0 Å². The highest BCUT2D eigenvalue weighted by Gasteiger charge is 2.27. The van der Waals surface area contributed by atoms with E-state index in [1.807, 2.05) is 18.2 Å². The summed E-state index contributed by atoms with van der Waals surface area (Å²) in [6, 6.07) is 11.1. The summed E-state index contributed by atoms with van der Waals surface area (Å²) >= 11 is 0. The molecule has 1 aliphatic carbocycles. The Morgan fingerprint density at radius 1 is 1.35 bits per heavy atom. The van der Waals surface area contributed by atoms with E-state index in [9.17, 15) is 0 Å². The first-order chi connectivity index (χ1) is 8.31. The average Bonchev–Trinajstić information content (AvgIpc) is 2.78. The van der Waals surface area contributed by atoms with Gasteiger partial charge in [0, 0.05) is 17.0 Å². The molecule has 17 heavy (non-hydrogen) atoms. The molecule has 2 rings (SSSR count). The highest BCUT2D eigenvalue weighted by molar-refractivity contribution is 5.18. The molecule has 0 heterocycles. The fourth-order valence-electron chi connectivity index (χ4n) is 2.50. The molecule has 1 N–H and O–H groups in total. The zero-order valence-corrected chi connectivity index (χ0v) is 10.1. The van der Waals surface area contributed by atoms with E-state index in [2.05, 4.69) is 34.4 Å². The third-order valence-electron chi connectivity index (χ3n) is 3.44. The Morgan fingerprint density at radius 2 is 2.12 bits per heavy atom. The van der Waals surface area contributed by atoms with Gasteiger partial charge >= 0.3 is 0 Å². The van der Waals surface area contributed by atoms with Crippen LogP contribution < -0.4 is 5.32 Å². The van der Waals surface area contributed by atoms with Crippen molar-refractivity contribution in [1.29, 1.82) is 0 Å². The minimum absolute atomic E-state index is 0.117. The predicted molar refractivity (Wildman–Crippen MR) is 68.6 cm³/mol. The van der Waals surface area contributed by atoms with E-state index in [0.29, 0.717) is 12.1 Å². The Hall–Kier alpha value is -1.51. The van der Waals surface area contributed by atoms with Gasteiger partial charge in [-0.15, -0.1) is 0 Å². The number of azide groups is 1. The fourth-order valence-corrected chi connectivity index (χ4v) is 2.50. The van der Waals surface area contributed by atoms with Crippen LogP contribution in [-0.4, -0.2) is 12.1 Å². The SMILES string of the molecule is C[C@@H](N[C@@H]1CCC[C@H]1N=[N+]=[N-])c1ccccc1. The Morgan fingerprint density at radius 3 is 2.82 bits per heavy atom. The van der Waals surface area contributed by atoms with Crippen LogP contribution in [0.15, 0.2) is 35.4 Å². The standard InChI is InChI=1S/C13H18N4/c1-10(11-6-3-2-4-7-11)15-12-8-5-9-13(12)16-17-14/h2-4,6-7,10,12-13,15H,5,8-9H2,1H3/t10-,12-,13-/m1/s1. The summed E-state index contributed by atoms with van der Waals surface area (Å²) in [5.74, 6) is 0. The van der Waals surface area contributed by atoms with Gasteiger partial charge in [-0.25, -0.2) is 0 Å². The molecule has 1 saturated carbocycles. The van der Waals surface area contributed by atoms with Gasteiger partial charge in [0.1, 0.15) is 0 Å². The van der Waals surface area contributed by atoms with Gasteiger partial charge in [0.25, 0.3) is 0 Å². The number of rotatable bonds is 4. The Balaban J connectivity index is 1.99. The maximum Gasteiger partial charge on any atom is 0.0527 e. The summed E-state index contributed by atoms with van der Waals surface area (Å²) in [7, 11) is 0. The summed E-state index contributed by atoms with van der Waals surface area (Å²) in [4.78, 5) is 2.93. The van der Waals surface area contributed by atoms with Crippen LogP contribution in [0.2, 0.25) is 0 Å². The first-order valence-corrected chi connectivity index (χ1v) is 6.16. The second-order valence-electron chi connectivity index (χ2n) is 4.61. The minimum atomic E-state index is 0.117. The van der Waals surface area contributed by atoms with Crippen LogP contribution in [-0.2, 0) is 0 Å². The van der Waals surface area contributed by atoms with E-state index in [-0.39, 0.29) is 6.04 Å². The monoisotopic (exact) mass is 230 g/mol. The van der Waals surface area contributed by atoms with E-state index in [0.717, 1.165) is 19.3 Å². The molecule has 1 fully saturated rings. The first-order valence-electron chi connectivity index (χ1n) is 6.16. The lowest BCUT2D eigenvalue weighted by Gasteiger charge is -2.22. The van der Waals surface area contributed by atoms with Crippen molar-refractivity contribution in [3.05, 3.63) is 46.3 Å². The largest absolute Gasteiger partial charge is 0.307 e. The van der Waals surface area contributed by atoms with Crippen LogP contribution in [0.1, 0.15) is 37.8 Å². The topological polar surface area (TPSA) is 60.8 Å². The molecule has 4 heteroatoms. The maximum atomic E-state index is 8.53. The summed E-state index contributed by atoms with van der Waals surface area (Å²) in [6.07, 6.45) is 3.24. The molecule has 0 radical (unpaired) electrons. The molecule has 90 valence electrons. The van der Waals surface area contributed by atoms with Crippen LogP contribution in [0, 0.1) is 0 Å². The lowest BCUT2D eigenvalue weighted by atomic mass is 10.1. The van der Waals surface area contributed by atoms with Gasteiger partial charge in [0.2, 0.25) is 0 Å². The molecular formula is C13H18N4. The van der Waals surface area contributed by atoms with Crippen LogP contribution in [0.3, 0.4) is 0 Å². The molecule has 0 aromatic heterocycles. The molecule has 3 atom stereocenters. The fraction of sp³-hybridized carbons (Fsp3) is 0.538. The number of nitrogens with one attached hydrogen (secondary N) is 1. The zero-order chi connectivity index (χ0) is 12.1. The van der Waals surface area contributed by atoms with Gasteiger partial charge in [-0.3, -0.25) is 0 Å². The molecule has 1 aromatic carbocycles. The van der Waals surface area contributed by atoms with Gasteiger partial charge in [-0.2, -0.15) is 0 Å². The molecule has 0 unspecified atom stereocenters. The van der Waals surface area contributed by atoms with E-state index >= 15 is 0 Å². The first kappa shape index (κ1) is 12.0. The van der Waals surface area contributed by atoms with Gasteiger partial charge in [0.05, 0.1) is 6.04 Å². The van der Waals surface area contributed by atoms with Crippen molar-refractivity contribution in [2.45, 2.75) is 44.3 Å². The van der Waals surface area contributed by atoms with Gasteiger partial charge in [-0.1, -0.05) is 41.9 Å². The Kier molecular flexibility index (Phi) is 4.02. The average molecular weight is 230 g/mol. The van der Waals surface area contributed by atoms with Crippen LogP contribution in [0.25, 0.3) is 10.4 Å². The van der Waals surface area contributed by atoms with Crippen molar-refractivity contribution < 1.29 is 0 Å². The normalized spacial score (nSPS) is 25.2. The summed E-state index contributed by atoms with van der Waals surface area (Å²) in [5.41, 5.74) is 9.80. The van der Waals surface area contributed by atoms with E-state index in [4.69, 9.17) is 5.53 Å². The number of nitrogens with zero attached hydrogens (tertiary/aromatic N) is 3. The Bertz CT molecular complexity index is 397. The van der Waals surface area contributed by atoms with E-state index in [1.165, 1.54) is 5.56 Å². The molecule has 1 aliphatic rings. The molecule has 1 aromatic rings. The van der Waals surface area contributed by atoms with E-state index in [1.54, 1.807) is 0 Å². The van der Waals surface area contributed by atoms with Crippen molar-refractivity contribution in [2.24, 2.45) is 5.11 Å². The van der Waals surface area contributed by atoms with Crippen molar-refractivity contribution in [2.75, 3.05) is 0 Å². The van der Waals surface area contributed by atoms with Crippen molar-refractivity contribution >= 4 is 0 Å². The zero-order valence-electron chi connectivity index (χ0n) is 10.1. The van der Waals surface area contributed by atoms with Crippen LogP contribution in [0.5, 0.6) is 0 Å². The molecule has 4 nitrogen and oxygen atoms in total. The van der Waals surface area contributed by atoms with Crippen molar-refractivity contribution in [3.63, 3.8) is 0 Å². The molecular weight excluding hydrogens is 212 g/mol. The number of hydrogen-bond donors (Lipinski definition) is 1. The number of hydrogen-bond acceptors (Lipinski definition) is 2. The number of benzene rings is 1. The van der Waals surface area contributed by atoms with E-state index < -0.39 is 0 Å². The quantitative estimate of drug-likeness (QED) is 0.479. The molecule has 0 saturated heterocycles. The molecule has 0 spiro atoms. The second kappa shape index (κ2) is 5.71. The summed E-state index contributed by atoms with van der Waals surface area (Å²) < 4.78 is 0. The van der Waals surface area contributed by atoms with Gasteiger partial charge in [-0.05, 0) is 30.9 Å². The van der Waals surface area contributed by atoms with Crippen molar-refractivity contribution in [1.82, 2.24) is 5.32 Å². The summed E-state index contributed by atoms with van der Waals surface area (Å²) in [5, 5.41) is 7.43. The third-order valence-corrected chi connectivity index (χ3v) is 3.44. The smallest absolute Gasteiger partial charge is 0.0527 e. The second-order valence-corrected chi connectivity index (χ2v) is 4.61. The molecule has 0 amide bonds. The lowest BCUT2D eigenvalue weighted by Crippen LogP contribution is -2.36. The summed E-state index contributed by atoms with van der Waals surface area (Å²) in [6.45, 7) is 2.15. The Labute approximate surface area is 102 Å². The lowest BCUT2D eigenvalue weighted by molar-refractivity contribution is 0.426. The third kappa shape index (κ3) is 2.99. The minimum Gasteiger partial charge on any atom is -0.307 e. The molecule has 0 aliphatic heterocycles. The van der Waals surface area contributed by atoms with Crippen molar-refractivity contribution in [3.8, 4) is 0 Å². The highest BCUT2D eigenvalue weighted by Crippen LogP contribution is 2.25. The predicted octanol–water partition coefficient (Wildman–Crippen LogP) is 3.57. The highest BCUT2D eigenvalue weighted by atomic mass is 15.2. The van der Waals surface area contributed by atoms with Gasteiger partial charge < -0.3 is 5.32 Å².